The monoisotopic (exact) mass is 358 g/mol. The lowest BCUT2D eigenvalue weighted by Crippen LogP contribution is -2.32. The summed E-state index contributed by atoms with van der Waals surface area (Å²) in [6, 6.07) is 28.6. The lowest BCUT2D eigenvalue weighted by Gasteiger charge is -2.17. The van der Waals surface area contributed by atoms with Gasteiger partial charge in [-0.05, 0) is 23.6 Å². The van der Waals surface area contributed by atoms with Gasteiger partial charge in [-0.3, -0.25) is 0 Å². The zero-order valence-electron chi connectivity index (χ0n) is 15.4. The van der Waals surface area contributed by atoms with Crippen LogP contribution in [0.3, 0.4) is 0 Å². The molecule has 0 N–H and O–H groups in total. The van der Waals surface area contributed by atoms with Crippen molar-refractivity contribution >= 4 is 21.6 Å². The lowest BCUT2D eigenvalue weighted by molar-refractivity contribution is -0.569. The second-order valence-electron chi connectivity index (χ2n) is 6.77. The number of hydrogen-bond acceptors (Lipinski definition) is 1. The van der Waals surface area contributed by atoms with Crippen LogP contribution in [0, 0.1) is 6.92 Å². The van der Waals surface area contributed by atoms with Crippen LogP contribution in [0.15, 0.2) is 78.9 Å². The molecule has 1 atom stereocenters. The number of hydrogen-bond donors (Lipinski definition) is 0. The highest BCUT2D eigenvalue weighted by Crippen LogP contribution is 2.30. The number of nitrogens with zero attached hydrogens (tertiary/aromatic N) is 1. The van der Waals surface area contributed by atoms with E-state index in [0.29, 0.717) is 5.92 Å². The maximum Gasteiger partial charge on any atom is 0.241 e. The summed E-state index contributed by atoms with van der Waals surface area (Å²) in [5, 5.41) is 1.31. The number of para-hydroxylation sites is 1. The van der Waals surface area contributed by atoms with Crippen LogP contribution in [-0.2, 0) is 0 Å². The number of aryl methyl sites for hydroxylation is 1. The van der Waals surface area contributed by atoms with Crippen molar-refractivity contribution < 1.29 is 4.57 Å². The fourth-order valence-electron chi connectivity index (χ4n) is 3.80. The first kappa shape index (κ1) is 17.0. The molecule has 0 fully saturated rings. The molecule has 0 aliphatic carbocycles. The molecule has 130 valence electrons. The lowest BCUT2D eigenvalue weighted by atomic mass is 9.87. The molecule has 26 heavy (non-hydrogen) atoms. The van der Waals surface area contributed by atoms with Crippen LogP contribution in [-0.4, -0.2) is 0 Å². The van der Waals surface area contributed by atoms with Crippen molar-refractivity contribution in [1.82, 2.24) is 0 Å². The van der Waals surface area contributed by atoms with E-state index >= 15 is 0 Å². The Morgan fingerprint density at radius 2 is 1.58 bits per heavy atom. The van der Waals surface area contributed by atoms with Gasteiger partial charge in [-0.1, -0.05) is 79.3 Å². The summed E-state index contributed by atoms with van der Waals surface area (Å²) in [6.07, 6.45) is 2.35. The highest BCUT2D eigenvalue weighted by Gasteiger charge is 2.21. The molecule has 4 rings (SSSR count). The van der Waals surface area contributed by atoms with E-state index in [4.69, 9.17) is 0 Å². The molecule has 0 amide bonds. The van der Waals surface area contributed by atoms with Gasteiger partial charge in [0.1, 0.15) is 4.70 Å². The van der Waals surface area contributed by atoms with Crippen LogP contribution in [0.5, 0.6) is 0 Å². The third-order valence-electron chi connectivity index (χ3n) is 4.99. The molecule has 0 saturated heterocycles. The summed E-state index contributed by atoms with van der Waals surface area (Å²) in [6.45, 7) is 4.48. The first-order valence-electron chi connectivity index (χ1n) is 9.33. The highest BCUT2D eigenvalue weighted by molar-refractivity contribution is 7.18. The smallest absolute Gasteiger partial charge is 0.147 e. The molecule has 1 aromatic heterocycles. The molecule has 2 heteroatoms. The van der Waals surface area contributed by atoms with Crippen molar-refractivity contribution in [3.8, 4) is 5.69 Å². The van der Waals surface area contributed by atoms with E-state index in [-0.39, 0.29) is 0 Å². The Kier molecular flexibility index (Phi) is 4.85. The molecule has 3 aromatic carbocycles. The van der Waals surface area contributed by atoms with Gasteiger partial charge in [-0.25, -0.2) is 0 Å². The van der Waals surface area contributed by atoms with Gasteiger partial charge in [0.15, 0.2) is 0 Å². The molecule has 1 heterocycles. The second kappa shape index (κ2) is 7.43. The van der Waals surface area contributed by atoms with Crippen LogP contribution in [0.25, 0.3) is 15.9 Å². The van der Waals surface area contributed by atoms with Crippen molar-refractivity contribution in [3.05, 3.63) is 95.0 Å². The zero-order chi connectivity index (χ0) is 17.9. The average molecular weight is 359 g/mol. The summed E-state index contributed by atoms with van der Waals surface area (Å²) in [7, 11) is 0. The zero-order valence-corrected chi connectivity index (χ0v) is 16.2. The van der Waals surface area contributed by atoms with Gasteiger partial charge in [-0.15, -0.1) is 4.57 Å². The van der Waals surface area contributed by atoms with Gasteiger partial charge in [-0.2, -0.15) is 0 Å². The summed E-state index contributed by atoms with van der Waals surface area (Å²) < 4.78 is 3.72. The first-order valence-corrected chi connectivity index (χ1v) is 10.1. The molecule has 0 radical (unpaired) electrons. The van der Waals surface area contributed by atoms with Gasteiger partial charge in [0.25, 0.3) is 0 Å². The number of fused-ring (bicyclic) bond motifs is 1. The van der Waals surface area contributed by atoms with Crippen molar-refractivity contribution in [2.24, 2.45) is 0 Å². The number of benzene rings is 3. The number of aromatic nitrogens is 1. The third kappa shape index (κ3) is 3.17. The van der Waals surface area contributed by atoms with E-state index in [1.54, 1.807) is 0 Å². The van der Waals surface area contributed by atoms with Gasteiger partial charge < -0.3 is 0 Å². The van der Waals surface area contributed by atoms with Crippen molar-refractivity contribution in [2.45, 2.75) is 32.6 Å². The molecule has 0 saturated carbocycles. The molecule has 1 unspecified atom stereocenters. The van der Waals surface area contributed by atoms with E-state index in [1.165, 1.54) is 44.9 Å². The fraction of sp³-hybridized carbons (Fsp3) is 0.208. The fourth-order valence-corrected chi connectivity index (χ4v) is 4.83. The van der Waals surface area contributed by atoms with Crippen LogP contribution >= 0.6 is 11.3 Å². The molecule has 0 aliphatic heterocycles. The Morgan fingerprint density at radius 3 is 2.38 bits per heavy atom. The van der Waals surface area contributed by atoms with Crippen LogP contribution < -0.4 is 4.57 Å². The highest BCUT2D eigenvalue weighted by atomic mass is 32.1. The maximum absolute atomic E-state index is 2.39. The topological polar surface area (TPSA) is 3.88 Å². The van der Waals surface area contributed by atoms with E-state index in [0.717, 1.165) is 0 Å². The quantitative estimate of drug-likeness (QED) is 0.362. The Morgan fingerprint density at radius 1 is 0.846 bits per heavy atom. The van der Waals surface area contributed by atoms with Crippen LogP contribution in [0.2, 0.25) is 0 Å². The molecule has 0 bridgehead atoms. The normalized spacial score (nSPS) is 12.4. The molecular weight excluding hydrogens is 334 g/mol. The Bertz CT molecular complexity index is 1020. The summed E-state index contributed by atoms with van der Waals surface area (Å²) in [5.41, 5.74) is 5.36. The van der Waals surface area contributed by atoms with Crippen molar-refractivity contribution in [1.29, 1.82) is 0 Å². The van der Waals surface area contributed by atoms with E-state index in [1.807, 2.05) is 11.3 Å². The Hall–Kier alpha value is -2.45. The van der Waals surface area contributed by atoms with Crippen molar-refractivity contribution in [2.75, 3.05) is 0 Å². The second-order valence-corrected chi connectivity index (χ2v) is 8.01. The predicted molar refractivity (Wildman–Crippen MR) is 111 cm³/mol. The Labute approximate surface area is 159 Å². The summed E-state index contributed by atoms with van der Waals surface area (Å²) in [5.74, 6) is 0.451. The number of rotatable bonds is 5. The minimum absolute atomic E-state index is 0.451. The minimum atomic E-state index is 0.451. The van der Waals surface area contributed by atoms with E-state index in [2.05, 4.69) is 97.3 Å². The molecule has 1 nitrogen and oxygen atoms in total. The Balaban J connectivity index is 1.82. The largest absolute Gasteiger partial charge is 0.241 e. The van der Waals surface area contributed by atoms with Crippen molar-refractivity contribution in [3.63, 3.8) is 0 Å². The standard InChI is InChI=1S/C24H24NS/c1-3-10-22(19-11-5-4-6-12-19)20-13-9-14-21(17-20)25-18(2)26-24-16-8-7-15-23(24)25/h4-9,11-17,22H,3,10H2,1-2H3/q+1. The SMILES string of the molecule is CCCC(c1ccccc1)c1cccc(-[n+]2c(C)sc3ccccc32)c1. The van der Waals surface area contributed by atoms with E-state index < -0.39 is 0 Å². The molecule has 0 spiro atoms. The summed E-state index contributed by atoms with van der Waals surface area (Å²) in [4.78, 5) is 0. The first-order chi connectivity index (χ1) is 12.8. The summed E-state index contributed by atoms with van der Waals surface area (Å²) >= 11 is 1.86. The van der Waals surface area contributed by atoms with Gasteiger partial charge in [0.2, 0.25) is 16.2 Å². The maximum atomic E-state index is 2.39. The van der Waals surface area contributed by atoms with Gasteiger partial charge >= 0.3 is 0 Å². The minimum Gasteiger partial charge on any atom is -0.147 e. The van der Waals surface area contributed by atoms with Gasteiger partial charge in [0, 0.05) is 31.0 Å². The third-order valence-corrected chi connectivity index (χ3v) is 6.03. The number of thiazole rings is 1. The van der Waals surface area contributed by atoms with Crippen LogP contribution in [0.4, 0.5) is 0 Å². The molecular formula is C24H24NS+. The van der Waals surface area contributed by atoms with Crippen LogP contribution in [0.1, 0.15) is 41.8 Å². The van der Waals surface area contributed by atoms with Gasteiger partial charge in [0.05, 0.1) is 0 Å². The molecule has 4 aromatic rings. The molecule has 0 aliphatic rings. The predicted octanol–water partition coefficient (Wildman–Crippen LogP) is 6.42. The van der Waals surface area contributed by atoms with E-state index in [9.17, 15) is 0 Å². The average Bonchev–Trinajstić information content (AvgIpc) is 3.02.